The number of nitrogens with one attached hydrogen (secondary N) is 3. The van der Waals surface area contributed by atoms with Gasteiger partial charge in [0.2, 0.25) is 0 Å². The fraction of sp³-hybridized carbons (Fsp3) is 0.179. The van der Waals surface area contributed by atoms with E-state index in [4.69, 9.17) is 0 Å². The first-order valence-corrected chi connectivity index (χ1v) is 12.4. The normalized spacial score (nSPS) is 12.5. The molecule has 0 radical (unpaired) electrons. The largest absolute Gasteiger partial charge is 0.374 e. The first-order chi connectivity index (χ1) is 18.9. The number of rotatable bonds is 7. The van der Waals surface area contributed by atoms with Crippen molar-refractivity contribution in [3.8, 4) is 33.9 Å². The molecule has 9 nitrogen and oxygen atoms in total. The lowest BCUT2D eigenvalue weighted by Crippen LogP contribution is -2.20. The average molecular weight is 527 g/mol. The Morgan fingerprint density at radius 2 is 1.87 bits per heavy atom. The second-order valence-corrected chi connectivity index (χ2v) is 9.69. The van der Waals surface area contributed by atoms with E-state index in [2.05, 4.69) is 40.4 Å². The van der Waals surface area contributed by atoms with Crippen molar-refractivity contribution in [2.75, 3.05) is 5.32 Å². The third-order valence-corrected chi connectivity index (χ3v) is 6.33. The fourth-order valence-electron chi connectivity index (χ4n) is 4.61. The molecule has 0 aliphatic carbocycles. The van der Waals surface area contributed by atoms with Crippen molar-refractivity contribution in [1.29, 1.82) is 0 Å². The second kappa shape index (κ2) is 9.84. The van der Waals surface area contributed by atoms with Gasteiger partial charge in [0.1, 0.15) is 28.9 Å². The van der Waals surface area contributed by atoms with Gasteiger partial charge in [-0.15, -0.1) is 0 Å². The lowest BCUT2D eigenvalue weighted by atomic mass is 10.1. The summed E-state index contributed by atoms with van der Waals surface area (Å²) in [6.07, 6.45) is 5.95. The summed E-state index contributed by atoms with van der Waals surface area (Å²) in [4.78, 5) is 20.6. The van der Waals surface area contributed by atoms with Gasteiger partial charge in [-0.2, -0.15) is 5.10 Å². The number of aromatic amines is 2. The molecule has 0 amide bonds. The quantitative estimate of drug-likeness (QED) is 0.197. The summed E-state index contributed by atoms with van der Waals surface area (Å²) < 4.78 is 29.9. The van der Waals surface area contributed by atoms with Crippen LogP contribution in [0.4, 0.5) is 14.5 Å². The molecule has 5 aromatic heterocycles. The van der Waals surface area contributed by atoms with Crippen molar-refractivity contribution in [1.82, 2.24) is 35.1 Å². The topological polar surface area (TPSA) is 128 Å². The Bertz CT molecular complexity index is 1810. The number of aliphatic hydroxyl groups is 1. The summed E-state index contributed by atoms with van der Waals surface area (Å²) in [7, 11) is 0. The van der Waals surface area contributed by atoms with E-state index in [9.17, 15) is 9.50 Å². The van der Waals surface area contributed by atoms with E-state index in [1.54, 1.807) is 36.7 Å². The van der Waals surface area contributed by atoms with Crippen LogP contribution in [0, 0.1) is 17.6 Å². The first-order valence-electron chi connectivity index (χ1n) is 12.4. The molecule has 0 aliphatic heterocycles. The van der Waals surface area contributed by atoms with Gasteiger partial charge in [-0.05, 0) is 42.2 Å². The zero-order valence-corrected chi connectivity index (χ0v) is 21.1. The number of halogens is 2. The summed E-state index contributed by atoms with van der Waals surface area (Å²) in [5, 5.41) is 20.6. The predicted octanol–water partition coefficient (Wildman–Crippen LogP) is 5.68. The highest BCUT2D eigenvalue weighted by Gasteiger charge is 2.22. The average Bonchev–Trinajstić information content (AvgIpc) is 3.53. The molecule has 1 unspecified atom stereocenters. The van der Waals surface area contributed by atoms with E-state index in [0.717, 1.165) is 0 Å². The number of nitrogens with zero attached hydrogens (tertiary/aromatic N) is 5. The molecule has 1 atom stereocenters. The van der Waals surface area contributed by atoms with Gasteiger partial charge < -0.3 is 15.4 Å². The molecule has 5 heterocycles. The van der Waals surface area contributed by atoms with Gasteiger partial charge in [0.05, 0.1) is 29.0 Å². The Balaban J connectivity index is 1.42. The van der Waals surface area contributed by atoms with Crippen molar-refractivity contribution in [3.63, 3.8) is 0 Å². The third-order valence-electron chi connectivity index (χ3n) is 6.33. The van der Waals surface area contributed by atoms with Crippen LogP contribution in [0.15, 0.2) is 61.2 Å². The summed E-state index contributed by atoms with van der Waals surface area (Å²) >= 11 is 0. The molecule has 1 aromatic carbocycles. The number of anilines is 1. The molecule has 6 rings (SSSR count). The molecule has 39 heavy (non-hydrogen) atoms. The van der Waals surface area contributed by atoms with Gasteiger partial charge in [-0.25, -0.2) is 18.7 Å². The molecule has 0 saturated heterocycles. The van der Waals surface area contributed by atoms with Crippen LogP contribution in [0.1, 0.15) is 20.3 Å². The van der Waals surface area contributed by atoms with Crippen LogP contribution in [-0.2, 0) is 0 Å². The number of aliphatic hydroxyl groups excluding tert-OH is 1. The van der Waals surface area contributed by atoms with E-state index in [0.29, 0.717) is 57.2 Å². The van der Waals surface area contributed by atoms with Gasteiger partial charge in [0.15, 0.2) is 17.3 Å². The summed E-state index contributed by atoms with van der Waals surface area (Å²) in [6.45, 7) is 4.02. The minimum Gasteiger partial charge on any atom is -0.374 e. The molecule has 0 fully saturated rings. The van der Waals surface area contributed by atoms with Crippen LogP contribution in [0.25, 0.3) is 56.0 Å². The van der Waals surface area contributed by atoms with E-state index in [-0.39, 0.29) is 22.6 Å². The van der Waals surface area contributed by atoms with Crippen LogP contribution in [0.3, 0.4) is 0 Å². The first kappa shape index (κ1) is 24.6. The van der Waals surface area contributed by atoms with E-state index in [1.165, 1.54) is 24.5 Å². The van der Waals surface area contributed by atoms with Crippen LogP contribution in [0.2, 0.25) is 0 Å². The highest BCUT2D eigenvalue weighted by Crippen LogP contribution is 2.34. The molecule has 0 saturated carbocycles. The Morgan fingerprint density at radius 1 is 1.00 bits per heavy atom. The summed E-state index contributed by atoms with van der Waals surface area (Å²) in [6, 6.07) is 9.64. The molecule has 11 heteroatoms. The number of H-pyrrole nitrogens is 2. The number of aromatic nitrogens is 7. The molecule has 4 N–H and O–H groups in total. The highest BCUT2D eigenvalue weighted by atomic mass is 19.1. The molecule has 6 aromatic rings. The maximum atomic E-state index is 16.0. The minimum absolute atomic E-state index is 0.0781. The molecule has 196 valence electrons. The third kappa shape index (κ3) is 4.68. The summed E-state index contributed by atoms with van der Waals surface area (Å²) in [5.41, 5.74) is 3.99. The van der Waals surface area contributed by atoms with Crippen LogP contribution in [-0.4, -0.2) is 46.5 Å². The number of pyridine rings is 3. The van der Waals surface area contributed by atoms with E-state index in [1.807, 2.05) is 13.8 Å². The molecule has 0 spiro atoms. The van der Waals surface area contributed by atoms with Gasteiger partial charge in [0.25, 0.3) is 0 Å². The zero-order valence-electron chi connectivity index (χ0n) is 21.1. The SMILES string of the molecule is CC(C)CC(O)Nc1cncc(-c2ncc3[nH]nc(-c4nc5c(-c6cccc(F)c6)ccnc5[nH]4)c3c2F)c1. The van der Waals surface area contributed by atoms with Gasteiger partial charge in [-0.3, -0.25) is 15.1 Å². The Morgan fingerprint density at radius 3 is 2.69 bits per heavy atom. The number of fused-ring (bicyclic) bond motifs is 2. The number of hydrogen-bond acceptors (Lipinski definition) is 7. The molecular weight excluding hydrogens is 502 g/mol. The molecule has 0 bridgehead atoms. The Labute approximate surface area is 221 Å². The van der Waals surface area contributed by atoms with Crippen LogP contribution < -0.4 is 5.32 Å². The van der Waals surface area contributed by atoms with Crippen molar-refractivity contribution in [2.45, 2.75) is 26.5 Å². The zero-order chi connectivity index (χ0) is 27.1. The van der Waals surface area contributed by atoms with Crippen molar-refractivity contribution >= 4 is 27.8 Å². The lowest BCUT2D eigenvalue weighted by Gasteiger charge is -2.16. The van der Waals surface area contributed by atoms with Gasteiger partial charge in [0, 0.05) is 23.5 Å². The number of hydrogen-bond donors (Lipinski definition) is 4. The number of imidazole rings is 1. The number of benzene rings is 1. The maximum absolute atomic E-state index is 16.0. The second-order valence-electron chi connectivity index (χ2n) is 9.69. The van der Waals surface area contributed by atoms with Gasteiger partial charge >= 0.3 is 0 Å². The van der Waals surface area contributed by atoms with Crippen molar-refractivity contribution < 1.29 is 13.9 Å². The van der Waals surface area contributed by atoms with Gasteiger partial charge in [-0.1, -0.05) is 26.0 Å². The lowest BCUT2D eigenvalue weighted by molar-refractivity contribution is 0.176. The smallest absolute Gasteiger partial charge is 0.161 e. The molecule has 0 aliphatic rings. The molecular formula is C28H24F2N8O. The predicted molar refractivity (Wildman–Crippen MR) is 144 cm³/mol. The minimum atomic E-state index is -0.762. The van der Waals surface area contributed by atoms with Crippen molar-refractivity contribution in [3.05, 3.63) is 72.8 Å². The van der Waals surface area contributed by atoms with Crippen molar-refractivity contribution in [2.24, 2.45) is 5.92 Å². The van der Waals surface area contributed by atoms with E-state index >= 15 is 4.39 Å². The van der Waals surface area contributed by atoms with Crippen LogP contribution in [0.5, 0.6) is 0 Å². The standard InChI is InChI=1S/C28H24F2N8O/c1-14(2)8-21(39)34-18-10-16(11-31-12-18)24-23(30)22-20(13-33-24)37-38-26(22)28-35-25-19(6-7-32-27(25)36-28)15-4-3-5-17(29)9-15/h3-7,9-14,21,34,39H,8H2,1-2H3,(H,37,38)(H,32,35,36). The fourth-order valence-corrected chi connectivity index (χ4v) is 4.61. The Kier molecular flexibility index (Phi) is 6.20. The Hall–Kier alpha value is -4.77. The summed E-state index contributed by atoms with van der Waals surface area (Å²) in [5.74, 6) is -0.370. The maximum Gasteiger partial charge on any atom is 0.161 e. The monoisotopic (exact) mass is 526 g/mol. The van der Waals surface area contributed by atoms with E-state index < -0.39 is 12.0 Å². The van der Waals surface area contributed by atoms with Crippen LogP contribution >= 0.6 is 0 Å². The highest BCUT2D eigenvalue weighted by molar-refractivity contribution is 5.97.